The standard InChI is InChI=1S/CHF3O3S.F3I/c2-1(3,4)8(5,6)7;1-4(2)3/h(H,5,6,7);. The fourth-order valence-corrected chi connectivity index (χ4v) is 0. The van der Waals surface area contributed by atoms with Crippen molar-refractivity contribution in [1.82, 2.24) is 0 Å². The van der Waals surface area contributed by atoms with Crippen molar-refractivity contribution < 1.29 is 34.7 Å². The van der Waals surface area contributed by atoms with Gasteiger partial charge in [-0.15, -0.1) is 0 Å². The van der Waals surface area contributed by atoms with Crippen molar-refractivity contribution in [3.63, 3.8) is 0 Å². The van der Waals surface area contributed by atoms with Gasteiger partial charge in [0.05, 0.1) is 0 Å². The smallest absolute Gasteiger partial charge is 0.279 e. The summed E-state index contributed by atoms with van der Waals surface area (Å²) >= 11 is -4.76. The van der Waals surface area contributed by atoms with E-state index in [0.29, 0.717) is 0 Å². The molecule has 0 aliphatic rings. The first kappa shape index (κ1) is 14.7. The topological polar surface area (TPSA) is 54.4 Å². The SMILES string of the molecule is FI(F)F.O=S(=O)(O)C(F)(F)F. The minimum Gasteiger partial charge on any atom is -0.279 e. The fraction of sp³-hybridized carbons (Fsp3) is 1.00. The van der Waals surface area contributed by atoms with Gasteiger partial charge in [-0.25, -0.2) is 0 Å². The van der Waals surface area contributed by atoms with Gasteiger partial charge in [0.1, 0.15) is 0 Å². The molecule has 0 bridgehead atoms. The molecule has 78 valence electrons. The van der Waals surface area contributed by atoms with Gasteiger partial charge in [0.2, 0.25) is 0 Å². The van der Waals surface area contributed by atoms with Gasteiger partial charge in [0.25, 0.3) is 0 Å². The molecule has 3 nitrogen and oxygen atoms in total. The molecule has 12 heavy (non-hydrogen) atoms. The number of rotatable bonds is 0. The number of halogens is 7. The van der Waals surface area contributed by atoms with Crippen LogP contribution in [0.4, 0.5) is 21.8 Å². The largest absolute Gasteiger partial charge is 0.522 e. The predicted octanol–water partition coefficient (Wildman–Crippen LogP) is 2.54. The van der Waals surface area contributed by atoms with E-state index in [2.05, 4.69) is 0 Å². The Hall–Kier alpha value is 0.220. The van der Waals surface area contributed by atoms with Crippen molar-refractivity contribution >= 4 is 31.7 Å². The van der Waals surface area contributed by atoms with E-state index < -0.39 is 37.2 Å². The van der Waals surface area contributed by atoms with Crippen molar-refractivity contribution in [1.29, 1.82) is 0 Å². The molecule has 0 atom stereocenters. The van der Waals surface area contributed by atoms with Crippen LogP contribution in [0, 0.1) is 0 Å². The molecule has 0 aromatic heterocycles. The molecule has 0 radical (unpaired) electrons. The summed E-state index contributed by atoms with van der Waals surface area (Å²) in [4.78, 5) is 0. The fourth-order valence-electron chi connectivity index (χ4n) is 0. The summed E-state index contributed by atoms with van der Waals surface area (Å²) in [7, 11) is -5.84. The molecule has 0 amide bonds. The quantitative estimate of drug-likeness (QED) is 0.321. The van der Waals surface area contributed by atoms with E-state index in [9.17, 15) is 21.8 Å². The maximum absolute atomic E-state index is 10.7. The van der Waals surface area contributed by atoms with Crippen LogP contribution in [0.1, 0.15) is 0 Å². The van der Waals surface area contributed by atoms with Crippen LogP contribution in [-0.2, 0) is 10.1 Å². The average molecular weight is 334 g/mol. The summed E-state index contributed by atoms with van der Waals surface area (Å²) in [5, 5.41) is 0. The Bertz CT molecular complexity index is 203. The van der Waals surface area contributed by atoms with E-state index in [1.165, 1.54) is 0 Å². The third-order valence-corrected chi connectivity index (χ3v) is 0.877. The minimum absolute atomic E-state index is 4.76. The Morgan fingerprint density at radius 1 is 1.08 bits per heavy atom. The molecule has 0 saturated carbocycles. The van der Waals surface area contributed by atoms with E-state index >= 15 is 0 Å². The van der Waals surface area contributed by atoms with E-state index in [0.717, 1.165) is 0 Å². The van der Waals surface area contributed by atoms with Crippen molar-refractivity contribution in [3.05, 3.63) is 0 Å². The molecular formula is CHF6IO3S. The average Bonchev–Trinajstić information content (AvgIpc) is 1.55. The Morgan fingerprint density at radius 3 is 1.17 bits per heavy atom. The van der Waals surface area contributed by atoms with Crippen molar-refractivity contribution in [2.45, 2.75) is 5.51 Å². The number of alkyl halides is 3. The molecule has 0 aromatic rings. The molecule has 0 unspecified atom stereocenters. The third-order valence-electron chi connectivity index (χ3n) is 0.292. The van der Waals surface area contributed by atoms with Crippen molar-refractivity contribution in [3.8, 4) is 0 Å². The predicted molar refractivity (Wildman–Crippen MR) is 34.9 cm³/mol. The first-order chi connectivity index (χ1) is 4.98. The van der Waals surface area contributed by atoms with Crippen LogP contribution in [0.2, 0.25) is 0 Å². The normalized spacial score (nSPS) is 13.1. The molecule has 0 saturated heterocycles. The van der Waals surface area contributed by atoms with Gasteiger partial charge in [-0.2, -0.15) is 21.6 Å². The van der Waals surface area contributed by atoms with Crippen molar-refractivity contribution in [2.75, 3.05) is 0 Å². The first-order valence-corrected chi connectivity index (χ1v) is 5.60. The molecule has 0 aromatic carbocycles. The van der Waals surface area contributed by atoms with Crippen LogP contribution >= 0.6 is 21.5 Å². The summed E-state index contributed by atoms with van der Waals surface area (Å²) in [5.74, 6) is 0. The molecule has 0 aliphatic heterocycles. The van der Waals surface area contributed by atoms with Gasteiger partial charge in [-0.05, 0) is 0 Å². The second kappa shape index (κ2) is 5.06. The maximum Gasteiger partial charge on any atom is 0.522 e. The zero-order valence-electron chi connectivity index (χ0n) is 4.82. The second-order valence-corrected chi connectivity index (χ2v) is 3.42. The van der Waals surface area contributed by atoms with Crippen LogP contribution < -0.4 is 0 Å². The number of hydrogen-bond acceptors (Lipinski definition) is 2. The molecule has 0 aliphatic carbocycles. The van der Waals surface area contributed by atoms with Crippen LogP contribution in [0.15, 0.2) is 0 Å². The van der Waals surface area contributed by atoms with Crippen LogP contribution in [0.5, 0.6) is 0 Å². The molecule has 0 spiro atoms. The molecular weight excluding hydrogens is 333 g/mol. The second-order valence-electron chi connectivity index (χ2n) is 1.08. The Morgan fingerprint density at radius 2 is 1.17 bits per heavy atom. The summed E-state index contributed by atoms with van der Waals surface area (Å²) < 4.78 is 87.0. The summed E-state index contributed by atoms with van der Waals surface area (Å²) in [6.07, 6.45) is 0. The van der Waals surface area contributed by atoms with Crippen LogP contribution in [0.3, 0.4) is 0 Å². The van der Waals surface area contributed by atoms with Gasteiger partial charge in [-0.1, -0.05) is 0 Å². The van der Waals surface area contributed by atoms with Gasteiger partial charge in [-0.3, -0.25) is 4.55 Å². The van der Waals surface area contributed by atoms with E-state index in [-0.39, 0.29) is 0 Å². The Kier molecular flexibility index (Phi) is 6.21. The Balaban J connectivity index is 0. The summed E-state index contributed by atoms with van der Waals surface area (Å²) in [5.41, 5.74) is -5.53. The molecule has 0 rings (SSSR count). The van der Waals surface area contributed by atoms with E-state index in [4.69, 9.17) is 13.0 Å². The monoisotopic (exact) mass is 334 g/mol. The molecule has 0 fully saturated rings. The van der Waals surface area contributed by atoms with E-state index in [1.54, 1.807) is 0 Å². The van der Waals surface area contributed by atoms with Gasteiger partial charge in [0.15, 0.2) is 0 Å². The zero-order valence-corrected chi connectivity index (χ0v) is 7.79. The first-order valence-electron chi connectivity index (χ1n) is 1.72. The van der Waals surface area contributed by atoms with Gasteiger partial charge >= 0.3 is 45.7 Å². The molecule has 11 heteroatoms. The summed E-state index contributed by atoms with van der Waals surface area (Å²) in [6.45, 7) is 0. The molecule has 1 N–H and O–H groups in total. The van der Waals surface area contributed by atoms with Crippen LogP contribution in [-0.4, -0.2) is 18.5 Å². The minimum atomic E-state index is -5.84. The van der Waals surface area contributed by atoms with E-state index in [1.807, 2.05) is 0 Å². The number of hydrogen-bond donors (Lipinski definition) is 1. The Labute approximate surface area is 72.2 Å². The molecule has 0 heterocycles. The maximum atomic E-state index is 10.7. The van der Waals surface area contributed by atoms with Crippen molar-refractivity contribution in [2.24, 2.45) is 0 Å². The zero-order chi connectivity index (χ0) is 10.6. The summed E-state index contributed by atoms with van der Waals surface area (Å²) in [6, 6.07) is 0. The van der Waals surface area contributed by atoms with Crippen LogP contribution in [0.25, 0.3) is 0 Å². The third kappa shape index (κ3) is 10.2. The van der Waals surface area contributed by atoms with Gasteiger partial charge in [0, 0.05) is 0 Å². The van der Waals surface area contributed by atoms with Gasteiger partial charge < -0.3 is 0 Å².